The molecular formula is C20H32N3O2S+. The molecule has 0 aliphatic carbocycles. The van der Waals surface area contributed by atoms with Crippen molar-refractivity contribution in [2.24, 2.45) is 0 Å². The number of nitrogens with zero attached hydrogens (tertiary/aromatic N) is 2. The predicted molar refractivity (Wildman–Crippen MR) is 104 cm³/mol. The molecule has 0 radical (unpaired) electrons. The van der Waals surface area contributed by atoms with E-state index in [9.17, 15) is 8.42 Å². The highest BCUT2D eigenvalue weighted by Gasteiger charge is 2.32. The number of quaternary nitrogens is 1. The molecule has 0 atom stereocenters. The Morgan fingerprint density at radius 3 is 2.15 bits per heavy atom. The van der Waals surface area contributed by atoms with Gasteiger partial charge in [0.05, 0.1) is 43.7 Å². The van der Waals surface area contributed by atoms with E-state index in [1.807, 2.05) is 26.0 Å². The maximum absolute atomic E-state index is 13.2. The highest BCUT2D eigenvalue weighted by molar-refractivity contribution is 7.89. The summed E-state index contributed by atoms with van der Waals surface area (Å²) in [6.07, 6.45) is 1.45. The van der Waals surface area contributed by atoms with Crippen molar-refractivity contribution >= 4 is 10.0 Å². The van der Waals surface area contributed by atoms with Gasteiger partial charge >= 0.3 is 0 Å². The molecule has 0 amide bonds. The van der Waals surface area contributed by atoms with Crippen LogP contribution in [0.1, 0.15) is 50.3 Å². The molecule has 1 aliphatic rings. The molecule has 0 saturated carbocycles. The van der Waals surface area contributed by atoms with Gasteiger partial charge in [-0.1, -0.05) is 32.9 Å². The Hall–Kier alpha value is -1.42. The van der Waals surface area contributed by atoms with Gasteiger partial charge in [0.2, 0.25) is 10.0 Å². The van der Waals surface area contributed by atoms with Crippen LogP contribution in [0.4, 0.5) is 0 Å². The second-order valence-corrected chi connectivity index (χ2v) is 10.2. The van der Waals surface area contributed by atoms with E-state index in [1.165, 1.54) is 10.5 Å². The summed E-state index contributed by atoms with van der Waals surface area (Å²) in [6.45, 7) is 13.9. The molecule has 1 saturated heterocycles. The monoisotopic (exact) mass is 378 g/mol. The second-order valence-electron chi connectivity index (χ2n) is 8.35. The molecule has 26 heavy (non-hydrogen) atoms. The minimum atomic E-state index is -3.47. The van der Waals surface area contributed by atoms with Gasteiger partial charge < -0.3 is 4.90 Å². The number of hydrogen-bond donors (Lipinski definition) is 1. The van der Waals surface area contributed by atoms with Gasteiger partial charge in [-0.15, -0.1) is 0 Å². The zero-order valence-electron chi connectivity index (χ0n) is 16.7. The molecule has 1 heterocycles. The molecule has 1 aromatic rings. The third kappa shape index (κ3) is 4.64. The van der Waals surface area contributed by atoms with E-state index in [4.69, 9.17) is 5.26 Å². The zero-order valence-corrected chi connectivity index (χ0v) is 17.5. The second kappa shape index (κ2) is 8.08. The minimum absolute atomic E-state index is 0.00375. The summed E-state index contributed by atoms with van der Waals surface area (Å²) in [6, 6.07) is 6.20. The molecule has 0 bridgehead atoms. The van der Waals surface area contributed by atoms with Crippen LogP contribution >= 0.6 is 0 Å². The van der Waals surface area contributed by atoms with Gasteiger partial charge in [-0.25, -0.2) is 8.42 Å². The topological polar surface area (TPSA) is 65.6 Å². The lowest BCUT2D eigenvalue weighted by molar-refractivity contribution is -0.903. The molecule has 5 nitrogen and oxygen atoms in total. The van der Waals surface area contributed by atoms with E-state index in [0.717, 1.165) is 37.2 Å². The summed E-state index contributed by atoms with van der Waals surface area (Å²) in [4.78, 5) is 1.86. The van der Waals surface area contributed by atoms with Crippen LogP contribution < -0.4 is 4.90 Å². The molecule has 1 fully saturated rings. The van der Waals surface area contributed by atoms with Crippen LogP contribution in [0.15, 0.2) is 17.0 Å². The van der Waals surface area contributed by atoms with E-state index in [2.05, 4.69) is 26.8 Å². The first-order valence-corrected chi connectivity index (χ1v) is 10.8. The average Bonchev–Trinajstić information content (AvgIpc) is 2.54. The Labute approximate surface area is 158 Å². The fourth-order valence-electron chi connectivity index (χ4n) is 3.63. The van der Waals surface area contributed by atoms with Crippen molar-refractivity contribution in [3.63, 3.8) is 0 Å². The highest BCUT2D eigenvalue weighted by Crippen LogP contribution is 2.30. The van der Waals surface area contributed by atoms with Gasteiger partial charge in [-0.3, -0.25) is 0 Å². The van der Waals surface area contributed by atoms with E-state index < -0.39 is 10.0 Å². The molecule has 2 rings (SSSR count). The van der Waals surface area contributed by atoms with Gasteiger partial charge in [0.1, 0.15) is 0 Å². The Kier molecular flexibility index (Phi) is 6.49. The van der Waals surface area contributed by atoms with Crippen LogP contribution in [0.2, 0.25) is 0 Å². The molecule has 6 heteroatoms. The Balaban J connectivity index is 2.18. The van der Waals surface area contributed by atoms with E-state index in [1.54, 1.807) is 4.31 Å². The van der Waals surface area contributed by atoms with Gasteiger partial charge in [-0.05, 0) is 36.0 Å². The largest absolute Gasteiger partial charge is 0.333 e. The lowest BCUT2D eigenvalue weighted by atomic mass is 9.85. The number of hydrogen-bond acceptors (Lipinski definition) is 3. The molecular weight excluding hydrogens is 346 g/mol. The van der Waals surface area contributed by atoms with Crippen LogP contribution in [-0.4, -0.2) is 45.4 Å². The maximum atomic E-state index is 13.2. The maximum Gasteiger partial charge on any atom is 0.244 e. The number of unbranched alkanes of at least 4 members (excludes halogenated alkanes) is 1. The van der Waals surface area contributed by atoms with E-state index >= 15 is 0 Å². The number of benzene rings is 1. The lowest BCUT2D eigenvalue weighted by Crippen LogP contribution is -3.14. The van der Waals surface area contributed by atoms with Crippen LogP contribution in [0.25, 0.3) is 0 Å². The van der Waals surface area contributed by atoms with Gasteiger partial charge in [0, 0.05) is 12.8 Å². The van der Waals surface area contributed by atoms with Crippen LogP contribution in [-0.2, 0) is 15.4 Å². The molecule has 144 valence electrons. The number of nitriles is 1. The highest BCUT2D eigenvalue weighted by atomic mass is 32.2. The first-order valence-electron chi connectivity index (χ1n) is 9.40. The SMILES string of the molecule is Cc1cc(C(C)(C)C)cc(C)c1S(=O)(=O)N1CC[NH+](CCCC#N)CC1. The Morgan fingerprint density at radius 1 is 1.15 bits per heavy atom. The molecule has 0 unspecified atom stereocenters. The standard InChI is InChI=1S/C20H31N3O2S/c1-16-14-18(20(3,4)5)15-17(2)19(16)26(24,25)23-12-10-22(11-13-23)9-7-6-8-21/h14-15H,6-7,9-13H2,1-5H3/p+1. The molecule has 0 aromatic heterocycles. The molecule has 0 spiro atoms. The Bertz CT molecular complexity index is 757. The first kappa shape index (κ1) is 20.9. The zero-order chi connectivity index (χ0) is 19.5. The quantitative estimate of drug-likeness (QED) is 0.795. The van der Waals surface area contributed by atoms with Crippen molar-refractivity contribution in [3.05, 3.63) is 28.8 Å². The fourth-order valence-corrected chi connectivity index (χ4v) is 5.48. The number of nitrogens with one attached hydrogen (secondary N) is 1. The summed E-state index contributed by atoms with van der Waals surface area (Å²) < 4.78 is 28.1. The van der Waals surface area contributed by atoms with Crippen molar-refractivity contribution in [2.75, 3.05) is 32.7 Å². The van der Waals surface area contributed by atoms with Gasteiger partial charge in [-0.2, -0.15) is 9.57 Å². The molecule has 1 N–H and O–H groups in total. The van der Waals surface area contributed by atoms with Crippen molar-refractivity contribution in [1.82, 2.24) is 4.31 Å². The van der Waals surface area contributed by atoms with Crippen molar-refractivity contribution in [3.8, 4) is 6.07 Å². The van der Waals surface area contributed by atoms with Gasteiger partial charge in [0.15, 0.2) is 0 Å². The summed E-state index contributed by atoms with van der Waals surface area (Å²) in [5, 5.41) is 8.65. The minimum Gasteiger partial charge on any atom is -0.333 e. The molecule has 1 aromatic carbocycles. The van der Waals surface area contributed by atoms with Crippen molar-refractivity contribution in [1.29, 1.82) is 5.26 Å². The van der Waals surface area contributed by atoms with E-state index in [0.29, 0.717) is 24.4 Å². The molecule has 1 aliphatic heterocycles. The smallest absolute Gasteiger partial charge is 0.244 e. The summed E-state index contributed by atoms with van der Waals surface area (Å²) >= 11 is 0. The third-order valence-electron chi connectivity index (χ3n) is 5.17. The predicted octanol–water partition coefficient (Wildman–Crippen LogP) is 1.79. The fraction of sp³-hybridized carbons (Fsp3) is 0.650. The van der Waals surface area contributed by atoms with Crippen LogP contribution in [0.5, 0.6) is 0 Å². The number of aryl methyl sites for hydroxylation is 2. The van der Waals surface area contributed by atoms with Crippen molar-refractivity contribution in [2.45, 2.75) is 57.8 Å². The normalized spacial score (nSPS) is 17.2. The average molecular weight is 379 g/mol. The Morgan fingerprint density at radius 2 is 1.69 bits per heavy atom. The van der Waals surface area contributed by atoms with E-state index in [-0.39, 0.29) is 5.41 Å². The lowest BCUT2D eigenvalue weighted by Gasteiger charge is -2.32. The number of piperazine rings is 1. The van der Waals surface area contributed by atoms with Crippen molar-refractivity contribution < 1.29 is 13.3 Å². The summed E-state index contributed by atoms with van der Waals surface area (Å²) in [5.41, 5.74) is 2.83. The third-order valence-corrected chi connectivity index (χ3v) is 7.38. The number of rotatable bonds is 5. The van der Waals surface area contributed by atoms with Crippen LogP contribution in [0.3, 0.4) is 0 Å². The first-order chi connectivity index (χ1) is 12.1. The number of sulfonamides is 1. The van der Waals surface area contributed by atoms with Gasteiger partial charge in [0.25, 0.3) is 0 Å². The van der Waals surface area contributed by atoms with Crippen LogP contribution in [0, 0.1) is 25.2 Å². The summed E-state index contributed by atoms with van der Waals surface area (Å²) in [7, 11) is -3.47. The summed E-state index contributed by atoms with van der Waals surface area (Å²) in [5.74, 6) is 0.